The Bertz CT molecular complexity index is 1460. The van der Waals surface area contributed by atoms with Gasteiger partial charge in [-0.1, -0.05) is 29.8 Å². The summed E-state index contributed by atoms with van der Waals surface area (Å²) in [4.78, 5) is 16.7. The minimum atomic E-state index is -4.13. The van der Waals surface area contributed by atoms with E-state index in [0.29, 0.717) is 32.9 Å². The van der Waals surface area contributed by atoms with E-state index in [1.807, 2.05) is 0 Å². The molecular weight excluding hydrogens is 467 g/mol. The summed E-state index contributed by atoms with van der Waals surface area (Å²) in [5.41, 5.74) is 1.39. The molecule has 4 rings (SSSR count). The van der Waals surface area contributed by atoms with Gasteiger partial charge in [0.05, 0.1) is 11.3 Å². The third-order valence-corrected chi connectivity index (χ3v) is 6.17. The smallest absolute Gasteiger partial charge is 0.238 e. The van der Waals surface area contributed by atoms with Crippen molar-refractivity contribution in [2.75, 3.05) is 10.6 Å². The maximum atomic E-state index is 13.2. The Labute approximate surface area is 194 Å². The number of aromatic nitrogens is 1. The first-order valence-electron chi connectivity index (χ1n) is 9.72. The Morgan fingerprint density at radius 2 is 1.73 bits per heavy atom. The monoisotopic (exact) mass is 484 g/mol. The van der Waals surface area contributed by atoms with Gasteiger partial charge in [0, 0.05) is 33.4 Å². The fourth-order valence-corrected chi connectivity index (χ4v) is 4.33. The summed E-state index contributed by atoms with van der Waals surface area (Å²) in [6, 6.07) is 16.9. The molecule has 0 spiro atoms. The number of rotatable bonds is 6. The number of primary sulfonamides is 1. The SMILES string of the molecule is NS(=O)(=O)c1cc(NC(=O)Cc2ccccc2Cl)cc2c(Nc3ccc(F)cc3)nccc12. The molecular formula is C23H18ClFN4O3S. The highest BCUT2D eigenvalue weighted by molar-refractivity contribution is 7.89. The number of benzene rings is 3. The van der Waals surface area contributed by atoms with Crippen LogP contribution in [0.2, 0.25) is 5.02 Å². The van der Waals surface area contributed by atoms with Gasteiger partial charge in [0.2, 0.25) is 15.9 Å². The van der Waals surface area contributed by atoms with Crippen molar-refractivity contribution in [3.05, 3.63) is 89.3 Å². The van der Waals surface area contributed by atoms with Crippen LogP contribution in [0.5, 0.6) is 0 Å². The molecule has 0 bridgehead atoms. The molecule has 0 unspecified atom stereocenters. The van der Waals surface area contributed by atoms with E-state index in [-0.39, 0.29) is 22.9 Å². The summed E-state index contributed by atoms with van der Waals surface area (Å²) in [5.74, 6) is -0.475. The Balaban J connectivity index is 1.74. The lowest BCUT2D eigenvalue weighted by Crippen LogP contribution is -2.17. The first-order valence-corrected chi connectivity index (χ1v) is 11.6. The fraction of sp³-hybridized carbons (Fsp3) is 0.0435. The molecule has 0 saturated heterocycles. The van der Waals surface area contributed by atoms with E-state index in [1.165, 1.54) is 42.6 Å². The molecule has 10 heteroatoms. The number of sulfonamides is 1. The summed E-state index contributed by atoms with van der Waals surface area (Å²) in [6.07, 6.45) is 1.43. The maximum Gasteiger partial charge on any atom is 0.238 e. The van der Waals surface area contributed by atoms with Crippen molar-refractivity contribution >= 4 is 55.5 Å². The number of anilines is 3. The van der Waals surface area contributed by atoms with Gasteiger partial charge < -0.3 is 10.6 Å². The van der Waals surface area contributed by atoms with Gasteiger partial charge >= 0.3 is 0 Å². The van der Waals surface area contributed by atoms with Crippen molar-refractivity contribution in [3.8, 4) is 0 Å². The largest absolute Gasteiger partial charge is 0.340 e. The molecule has 0 aliphatic heterocycles. The lowest BCUT2D eigenvalue weighted by atomic mass is 10.1. The molecule has 1 amide bonds. The van der Waals surface area contributed by atoms with E-state index >= 15 is 0 Å². The minimum Gasteiger partial charge on any atom is -0.340 e. The number of carbonyl (C=O) groups is 1. The summed E-state index contributed by atoms with van der Waals surface area (Å²) < 4.78 is 37.8. The molecule has 0 fully saturated rings. The Morgan fingerprint density at radius 1 is 1.00 bits per heavy atom. The zero-order chi connectivity index (χ0) is 23.6. The highest BCUT2D eigenvalue weighted by Gasteiger charge is 2.18. The quantitative estimate of drug-likeness (QED) is 0.370. The molecule has 168 valence electrons. The molecule has 7 nitrogen and oxygen atoms in total. The molecule has 0 aliphatic carbocycles. The van der Waals surface area contributed by atoms with Crippen LogP contribution in [-0.2, 0) is 21.2 Å². The Kier molecular flexibility index (Phi) is 6.28. The van der Waals surface area contributed by atoms with Crippen molar-refractivity contribution in [3.63, 3.8) is 0 Å². The Morgan fingerprint density at radius 3 is 2.42 bits per heavy atom. The summed E-state index contributed by atoms with van der Waals surface area (Å²) in [5, 5.41) is 12.4. The highest BCUT2D eigenvalue weighted by Crippen LogP contribution is 2.32. The number of nitrogens with zero attached hydrogens (tertiary/aromatic N) is 1. The van der Waals surface area contributed by atoms with E-state index in [9.17, 15) is 17.6 Å². The number of carbonyl (C=O) groups excluding carboxylic acids is 1. The van der Waals surface area contributed by atoms with Gasteiger partial charge in [0.25, 0.3) is 0 Å². The van der Waals surface area contributed by atoms with E-state index in [0.717, 1.165) is 0 Å². The average molecular weight is 485 g/mol. The predicted octanol–water partition coefficient (Wildman–Crippen LogP) is 4.60. The van der Waals surface area contributed by atoms with Crippen LogP contribution < -0.4 is 15.8 Å². The van der Waals surface area contributed by atoms with Crippen molar-refractivity contribution in [1.82, 2.24) is 4.98 Å². The third-order valence-electron chi connectivity index (χ3n) is 4.85. The topological polar surface area (TPSA) is 114 Å². The van der Waals surface area contributed by atoms with Crippen LogP contribution in [-0.4, -0.2) is 19.3 Å². The van der Waals surface area contributed by atoms with Crippen LogP contribution in [0, 0.1) is 5.82 Å². The molecule has 4 N–H and O–H groups in total. The number of hydrogen-bond acceptors (Lipinski definition) is 5. The third kappa shape index (κ3) is 5.28. The minimum absolute atomic E-state index is 0.00382. The number of fused-ring (bicyclic) bond motifs is 1. The number of halogens is 2. The Hall–Kier alpha value is -3.53. The molecule has 1 aromatic heterocycles. The van der Waals surface area contributed by atoms with Crippen molar-refractivity contribution < 1.29 is 17.6 Å². The van der Waals surface area contributed by atoms with Crippen LogP contribution >= 0.6 is 11.6 Å². The van der Waals surface area contributed by atoms with Crippen molar-refractivity contribution in [2.24, 2.45) is 5.14 Å². The fourth-order valence-electron chi connectivity index (χ4n) is 3.35. The van der Waals surface area contributed by atoms with Crippen LogP contribution in [0.3, 0.4) is 0 Å². The molecule has 4 aromatic rings. The second-order valence-corrected chi connectivity index (χ2v) is 9.16. The first-order chi connectivity index (χ1) is 15.7. The van der Waals surface area contributed by atoms with Crippen molar-refractivity contribution in [1.29, 1.82) is 0 Å². The van der Waals surface area contributed by atoms with E-state index in [4.69, 9.17) is 16.7 Å². The van der Waals surface area contributed by atoms with E-state index < -0.39 is 15.8 Å². The zero-order valence-electron chi connectivity index (χ0n) is 17.0. The number of nitrogens with one attached hydrogen (secondary N) is 2. The first kappa shape index (κ1) is 22.7. The number of hydrogen-bond donors (Lipinski definition) is 3. The normalized spacial score (nSPS) is 11.4. The molecule has 33 heavy (non-hydrogen) atoms. The second-order valence-electron chi connectivity index (χ2n) is 7.22. The lowest BCUT2D eigenvalue weighted by molar-refractivity contribution is -0.115. The second kappa shape index (κ2) is 9.14. The number of pyridine rings is 1. The van der Waals surface area contributed by atoms with Crippen molar-refractivity contribution in [2.45, 2.75) is 11.3 Å². The standard InChI is InChI=1S/C23H18ClFN4O3S/c24-20-4-2-1-3-14(20)11-22(30)28-17-12-19-18(21(13-17)33(26,31)32)9-10-27-23(19)29-16-7-5-15(25)6-8-16/h1-10,12-13H,11H2,(H,27,29)(H,28,30)(H2,26,31,32). The average Bonchev–Trinajstić information content (AvgIpc) is 2.76. The van der Waals surface area contributed by atoms with Crippen LogP contribution in [0.4, 0.5) is 21.6 Å². The maximum absolute atomic E-state index is 13.2. The van der Waals surface area contributed by atoms with Gasteiger partial charge in [-0.25, -0.2) is 22.9 Å². The van der Waals surface area contributed by atoms with Gasteiger partial charge in [-0.15, -0.1) is 0 Å². The van der Waals surface area contributed by atoms with Gasteiger partial charge in [0.15, 0.2) is 0 Å². The van der Waals surface area contributed by atoms with Gasteiger partial charge in [-0.2, -0.15) is 0 Å². The molecule has 1 heterocycles. The number of nitrogens with two attached hydrogens (primary N) is 1. The molecule has 0 atom stereocenters. The molecule has 3 aromatic carbocycles. The van der Waals surface area contributed by atoms with Gasteiger partial charge in [-0.05, 0) is 54.1 Å². The molecule has 0 aliphatic rings. The predicted molar refractivity (Wildman–Crippen MR) is 127 cm³/mol. The lowest BCUT2D eigenvalue weighted by Gasteiger charge is -2.14. The molecule has 0 radical (unpaired) electrons. The van der Waals surface area contributed by atoms with Crippen LogP contribution in [0.1, 0.15) is 5.56 Å². The van der Waals surface area contributed by atoms with E-state index in [2.05, 4.69) is 15.6 Å². The van der Waals surface area contributed by atoms with Crippen LogP contribution in [0.15, 0.2) is 77.8 Å². The highest BCUT2D eigenvalue weighted by atomic mass is 35.5. The molecule has 0 saturated carbocycles. The van der Waals surface area contributed by atoms with Crippen LogP contribution in [0.25, 0.3) is 10.8 Å². The zero-order valence-corrected chi connectivity index (χ0v) is 18.6. The van der Waals surface area contributed by atoms with E-state index in [1.54, 1.807) is 30.3 Å². The van der Waals surface area contributed by atoms with Gasteiger partial charge in [0.1, 0.15) is 11.6 Å². The summed E-state index contributed by atoms with van der Waals surface area (Å²) in [6.45, 7) is 0. The summed E-state index contributed by atoms with van der Waals surface area (Å²) >= 11 is 6.13. The number of amides is 1. The van der Waals surface area contributed by atoms with Gasteiger partial charge in [-0.3, -0.25) is 4.79 Å². The summed E-state index contributed by atoms with van der Waals surface area (Å²) in [7, 11) is -4.13.